The van der Waals surface area contributed by atoms with Crippen LogP contribution < -0.4 is 5.32 Å². The van der Waals surface area contributed by atoms with Gasteiger partial charge in [-0.15, -0.1) is 0 Å². The van der Waals surface area contributed by atoms with Crippen LogP contribution >= 0.6 is 0 Å². The Kier molecular flexibility index (Phi) is 5.49. The maximum atomic E-state index is 13.2. The molecule has 1 aromatic rings. The van der Waals surface area contributed by atoms with Gasteiger partial charge in [0.2, 0.25) is 0 Å². The molecule has 2 amide bonds. The number of carbonyl (C=O) groups excluding carboxylic acids is 1. The van der Waals surface area contributed by atoms with E-state index in [1.165, 1.54) is 6.07 Å². The molecule has 1 aromatic carbocycles. The number of carboxylic acid groups (broad SMARTS) is 1. The molecule has 0 aliphatic rings. The summed E-state index contributed by atoms with van der Waals surface area (Å²) in [5.74, 6) is -2.20. The molecule has 0 atom stereocenters. The Hall–Kier alpha value is -2.11. The van der Waals surface area contributed by atoms with Crippen molar-refractivity contribution in [2.75, 3.05) is 12.4 Å². The van der Waals surface area contributed by atoms with Crippen molar-refractivity contribution in [3.8, 4) is 0 Å². The minimum absolute atomic E-state index is 0.106. The third kappa shape index (κ3) is 3.69. The zero-order valence-corrected chi connectivity index (χ0v) is 11.8. The van der Waals surface area contributed by atoms with Crippen LogP contribution in [0.1, 0.15) is 37.0 Å². The second-order valence-corrected chi connectivity index (χ2v) is 4.51. The van der Waals surface area contributed by atoms with Crippen molar-refractivity contribution in [1.29, 1.82) is 0 Å². The molecule has 0 saturated heterocycles. The molecule has 0 aromatic heterocycles. The number of nitrogens with one attached hydrogen (secondary N) is 1. The average Bonchev–Trinajstić information content (AvgIpc) is 2.41. The number of halogens is 1. The van der Waals surface area contributed by atoms with E-state index in [4.69, 9.17) is 5.11 Å². The van der Waals surface area contributed by atoms with Crippen LogP contribution in [-0.4, -0.2) is 35.1 Å². The van der Waals surface area contributed by atoms with Gasteiger partial charge in [-0.3, -0.25) is 0 Å². The van der Waals surface area contributed by atoms with Gasteiger partial charge in [0.25, 0.3) is 0 Å². The van der Waals surface area contributed by atoms with Crippen LogP contribution in [0.2, 0.25) is 0 Å². The maximum Gasteiger partial charge on any atom is 0.338 e. The number of benzene rings is 1. The van der Waals surface area contributed by atoms with Crippen molar-refractivity contribution in [1.82, 2.24) is 4.90 Å². The molecule has 0 heterocycles. The summed E-state index contributed by atoms with van der Waals surface area (Å²) in [5.41, 5.74) is -0.209. The van der Waals surface area contributed by atoms with Crippen molar-refractivity contribution >= 4 is 17.7 Å². The van der Waals surface area contributed by atoms with Crippen LogP contribution in [0.3, 0.4) is 0 Å². The Morgan fingerprint density at radius 3 is 2.45 bits per heavy atom. The lowest BCUT2D eigenvalue weighted by Crippen LogP contribution is -2.39. The van der Waals surface area contributed by atoms with Crippen LogP contribution in [0.15, 0.2) is 18.2 Å². The third-order valence-electron chi connectivity index (χ3n) is 3.26. The topological polar surface area (TPSA) is 69.6 Å². The fourth-order valence-corrected chi connectivity index (χ4v) is 1.98. The Labute approximate surface area is 117 Å². The lowest BCUT2D eigenvalue weighted by molar-refractivity contribution is 0.0692. The zero-order valence-electron chi connectivity index (χ0n) is 11.8. The van der Waals surface area contributed by atoms with E-state index in [0.29, 0.717) is 0 Å². The Bertz CT molecular complexity index is 501. The van der Waals surface area contributed by atoms with E-state index >= 15 is 0 Å². The molecule has 0 bridgehead atoms. The van der Waals surface area contributed by atoms with Crippen LogP contribution in [0.5, 0.6) is 0 Å². The summed E-state index contributed by atoms with van der Waals surface area (Å²) in [6, 6.07) is 3.23. The quantitative estimate of drug-likeness (QED) is 0.871. The molecule has 1 rings (SSSR count). The highest BCUT2D eigenvalue weighted by molar-refractivity contribution is 5.93. The fourth-order valence-electron chi connectivity index (χ4n) is 1.98. The predicted octanol–water partition coefficient (Wildman–Crippen LogP) is 3.18. The highest BCUT2D eigenvalue weighted by Crippen LogP contribution is 2.16. The van der Waals surface area contributed by atoms with Gasteiger partial charge < -0.3 is 15.3 Å². The van der Waals surface area contributed by atoms with Crippen LogP contribution in [-0.2, 0) is 0 Å². The number of anilines is 1. The molecule has 0 spiro atoms. The largest absolute Gasteiger partial charge is 0.478 e. The maximum absolute atomic E-state index is 13.2. The first kappa shape index (κ1) is 15.9. The summed E-state index contributed by atoms with van der Waals surface area (Å²) < 4.78 is 13.2. The van der Waals surface area contributed by atoms with E-state index in [1.54, 1.807) is 11.9 Å². The van der Waals surface area contributed by atoms with E-state index < -0.39 is 17.3 Å². The zero-order chi connectivity index (χ0) is 15.3. The van der Waals surface area contributed by atoms with Gasteiger partial charge in [0, 0.05) is 18.8 Å². The van der Waals surface area contributed by atoms with Crippen molar-refractivity contribution in [2.24, 2.45) is 0 Å². The van der Waals surface area contributed by atoms with E-state index in [2.05, 4.69) is 5.32 Å². The number of carboxylic acids is 1. The number of hydrogen-bond acceptors (Lipinski definition) is 2. The van der Waals surface area contributed by atoms with Crippen LogP contribution in [0.4, 0.5) is 14.9 Å². The average molecular weight is 282 g/mol. The predicted molar refractivity (Wildman–Crippen MR) is 74.5 cm³/mol. The van der Waals surface area contributed by atoms with Gasteiger partial charge in [-0.1, -0.05) is 13.8 Å². The second kappa shape index (κ2) is 6.88. The van der Waals surface area contributed by atoms with Crippen LogP contribution in [0, 0.1) is 5.82 Å². The second-order valence-electron chi connectivity index (χ2n) is 4.51. The Morgan fingerprint density at radius 2 is 1.95 bits per heavy atom. The van der Waals surface area contributed by atoms with Gasteiger partial charge in [-0.2, -0.15) is 0 Å². The Balaban J connectivity index is 2.86. The molecule has 0 unspecified atom stereocenters. The summed E-state index contributed by atoms with van der Waals surface area (Å²) in [5, 5.41) is 11.4. The summed E-state index contributed by atoms with van der Waals surface area (Å²) in [7, 11) is 1.68. The van der Waals surface area contributed by atoms with E-state index in [9.17, 15) is 14.0 Å². The Morgan fingerprint density at radius 1 is 1.35 bits per heavy atom. The first-order chi connectivity index (χ1) is 9.40. The number of nitrogens with zero attached hydrogens (tertiary/aromatic N) is 1. The summed E-state index contributed by atoms with van der Waals surface area (Å²) in [6.45, 7) is 3.97. The molecular formula is C14H19FN2O3. The molecule has 5 nitrogen and oxygen atoms in total. The summed E-state index contributed by atoms with van der Waals surface area (Å²) in [4.78, 5) is 24.4. The molecule has 20 heavy (non-hydrogen) atoms. The number of aromatic carboxylic acids is 1. The lowest BCUT2D eigenvalue weighted by Gasteiger charge is -2.26. The molecule has 0 aliphatic carbocycles. The number of urea groups is 1. The highest BCUT2D eigenvalue weighted by atomic mass is 19.1. The molecule has 0 saturated carbocycles. The van der Waals surface area contributed by atoms with E-state index in [-0.39, 0.29) is 17.8 Å². The van der Waals surface area contributed by atoms with Crippen molar-refractivity contribution in [2.45, 2.75) is 32.7 Å². The van der Waals surface area contributed by atoms with Gasteiger partial charge >= 0.3 is 12.0 Å². The molecular weight excluding hydrogens is 263 g/mol. The number of amides is 2. The standard InChI is InChI=1S/C14H19FN2O3/c1-4-10(5-2)17(3)14(20)16-9-6-7-12(15)11(8-9)13(18)19/h6-8,10H,4-5H2,1-3H3,(H,16,20)(H,18,19). The van der Waals surface area contributed by atoms with Gasteiger partial charge in [0.05, 0.1) is 5.56 Å². The molecule has 6 heteroatoms. The number of carbonyl (C=O) groups is 2. The van der Waals surface area contributed by atoms with Crippen molar-refractivity contribution in [3.63, 3.8) is 0 Å². The van der Waals surface area contributed by atoms with Crippen LogP contribution in [0.25, 0.3) is 0 Å². The minimum atomic E-state index is -1.37. The van der Waals surface area contributed by atoms with Crippen molar-refractivity contribution in [3.05, 3.63) is 29.6 Å². The molecule has 2 N–H and O–H groups in total. The molecule has 0 aliphatic heterocycles. The van der Waals surface area contributed by atoms with Gasteiger partial charge in [0.15, 0.2) is 0 Å². The summed E-state index contributed by atoms with van der Waals surface area (Å²) in [6.07, 6.45) is 1.65. The highest BCUT2D eigenvalue weighted by Gasteiger charge is 2.18. The normalized spacial score (nSPS) is 10.4. The fraction of sp³-hybridized carbons (Fsp3) is 0.429. The minimum Gasteiger partial charge on any atom is -0.478 e. The summed E-state index contributed by atoms with van der Waals surface area (Å²) >= 11 is 0. The third-order valence-corrected chi connectivity index (χ3v) is 3.26. The number of rotatable bonds is 5. The van der Waals surface area contributed by atoms with E-state index in [1.807, 2.05) is 13.8 Å². The monoisotopic (exact) mass is 282 g/mol. The van der Waals surface area contributed by atoms with Gasteiger partial charge in [0.1, 0.15) is 5.82 Å². The molecule has 0 fully saturated rings. The smallest absolute Gasteiger partial charge is 0.338 e. The lowest BCUT2D eigenvalue weighted by atomic mass is 10.1. The number of hydrogen-bond donors (Lipinski definition) is 2. The first-order valence-corrected chi connectivity index (χ1v) is 6.47. The SMILES string of the molecule is CCC(CC)N(C)C(=O)Nc1ccc(F)c(C(=O)O)c1. The van der Waals surface area contributed by atoms with Gasteiger partial charge in [-0.05, 0) is 31.0 Å². The molecule has 110 valence electrons. The van der Waals surface area contributed by atoms with E-state index in [0.717, 1.165) is 25.0 Å². The van der Waals surface area contributed by atoms with Gasteiger partial charge in [-0.25, -0.2) is 14.0 Å². The first-order valence-electron chi connectivity index (χ1n) is 6.47. The molecule has 0 radical (unpaired) electrons. The van der Waals surface area contributed by atoms with Crippen molar-refractivity contribution < 1.29 is 19.1 Å².